The third-order valence-electron chi connectivity index (χ3n) is 2.56. The van der Waals surface area contributed by atoms with Crippen molar-refractivity contribution in [1.82, 2.24) is 0 Å². The molecular formula is C14H7Cl3F2O2. The molecule has 0 saturated heterocycles. The molecular weight excluding hydrogens is 345 g/mol. The summed E-state index contributed by atoms with van der Waals surface area (Å²) in [5.41, 5.74) is 0.177. The van der Waals surface area contributed by atoms with Gasteiger partial charge < -0.3 is 4.74 Å². The van der Waals surface area contributed by atoms with Crippen LogP contribution in [-0.4, -0.2) is 12.4 Å². The Morgan fingerprint density at radius 3 is 2.24 bits per heavy atom. The Kier molecular flexibility index (Phi) is 5.04. The number of hydrogen-bond acceptors (Lipinski definition) is 2. The summed E-state index contributed by atoms with van der Waals surface area (Å²) in [4.78, 5) is 12.4. The van der Waals surface area contributed by atoms with Crippen molar-refractivity contribution >= 4 is 40.6 Å². The molecule has 0 atom stereocenters. The van der Waals surface area contributed by atoms with Gasteiger partial charge in [-0.3, -0.25) is 4.79 Å². The van der Waals surface area contributed by atoms with Crippen LogP contribution in [-0.2, 0) is 0 Å². The summed E-state index contributed by atoms with van der Waals surface area (Å²) >= 11 is 17.7. The second-order valence-corrected chi connectivity index (χ2v) is 5.23. The summed E-state index contributed by atoms with van der Waals surface area (Å²) in [6, 6.07) is 8.12. The van der Waals surface area contributed by atoms with Crippen molar-refractivity contribution < 1.29 is 18.3 Å². The molecule has 0 amide bonds. The van der Waals surface area contributed by atoms with E-state index >= 15 is 0 Å². The Hall–Kier alpha value is -1.36. The lowest BCUT2D eigenvalue weighted by molar-refractivity contribution is -0.0498. The molecule has 2 rings (SSSR count). The fourth-order valence-corrected chi connectivity index (χ4v) is 2.71. The van der Waals surface area contributed by atoms with E-state index in [9.17, 15) is 13.6 Å². The van der Waals surface area contributed by atoms with E-state index in [0.29, 0.717) is 0 Å². The van der Waals surface area contributed by atoms with E-state index < -0.39 is 12.4 Å². The third kappa shape index (κ3) is 3.84. The molecule has 0 fully saturated rings. The van der Waals surface area contributed by atoms with E-state index in [0.717, 1.165) is 0 Å². The number of benzene rings is 2. The van der Waals surface area contributed by atoms with Gasteiger partial charge in [0.25, 0.3) is 0 Å². The van der Waals surface area contributed by atoms with Crippen molar-refractivity contribution in [3.05, 3.63) is 62.6 Å². The second-order valence-electron chi connectivity index (χ2n) is 3.98. The number of hydrogen-bond donors (Lipinski definition) is 0. The summed E-state index contributed by atoms with van der Waals surface area (Å²) in [6.45, 7) is -2.97. The maximum Gasteiger partial charge on any atom is 0.387 e. The van der Waals surface area contributed by atoms with Gasteiger partial charge in [-0.1, -0.05) is 46.9 Å². The zero-order valence-electron chi connectivity index (χ0n) is 10.2. The number of ketones is 1. The number of carbonyl (C=O) groups excluding carboxylic acids is 1. The first-order chi connectivity index (χ1) is 9.88. The van der Waals surface area contributed by atoms with Gasteiger partial charge in [0.2, 0.25) is 0 Å². The van der Waals surface area contributed by atoms with Gasteiger partial charge in [-0.15, -0.1) is 0 Å². The standard InChI is InChI=1S/C14H7Cl3F2O2/c15-8-5-10(16)12(11(17)6-8)13(20)7-2-1-3-9(4-7)21-14(18)19/h1-6,14H. The maximum atomic E-state index is 12.4. The Labute approximate surface area is 134 Å². The van der Waals surface area contributed by atoms with E-state index in [4.69, 9.17) is 34.8 Å². The molecule has 0 N–H and O–H groups in total. The quantitative estimate of drug-likeness (QED) is 0.682. The summed E-state index contributed by atoms with van der Waals surface area (Å²) in [5, 5.41) is 0.451. The van der Waals surface area contributed by atoms with E-state index in [-0.39, 0.29) is 31.9 Å². The van der Waals surface area contributed by atoms with E-state index in [2.05, 4.69) is 4.74 Å². The molecule has 0 heterocycles. The van der Waals surface area contributed by atoms with Gasteiger partial charge >= 0.3 is 6.61 Å². The zero-order valence-corrected chi connectivity index (χ0v) is 12.5. The normalized spacial score (nSPS) is 10.8. The highest BCUT2D eigenvalue weighted by Gasteiger charge is 2.18. The Balaban J connectivity index is 2.41. The van der Waals surface area contributed by atoms with Crippen molar-refractivity contribution in [3.63, 3.8) is 0 Å². The van der Waals surface area contributed by atoms with Crippen molar-refractivity contribution in [2.24, 2.45) is 0 Å². The smallest absolute Gasteiger partial charge is 0.387 e. The van der Waals surface area contributed by atoms with E-state index in [1.54, 1.807) is 0 Å². The summed E-state index contributed by atoms with van der Waals surface area (Å²) in [7, 11) is 0. The minimum Gasteiger partial charge on any atom is -0.435 e. The maximum absolute atomic E-state index is 12.4. The van der Waals surface area contributed by atoms with Crippen LogP contribution < -0.4 is 4.74 Å². The molecule has 2 aromatic rings. The predicted molar refractivity (Wildman–Crippen MR) is 78.0 cm³/mol. The highest BCUT2D eigenvalue weighted by molar-refractivity contribution is 6.43. The van der Waals surface area contributed by atoms with E-state index in [1.807, 2.05) is 0 Å². The lowest BCUT2D eigenvalue weighted by Crippen LogP contribution is -2.06. The Bertz CT molecular complexity index is 667. The predicted octanol–water partition coefficient (Wildman–Crippen LogP) is 5.48. The number of carbonyl (C=O) groups is 1. The van der Waals surface area contributed by atoms with Crippen molar-refractivity contribution in [3.8, 4) is 5.75 Å². The van der Waals surface area contributed by atoms with Crippen LogP contribution in [0.15, 0.2) is 36.4 Å². The molecule has 7 heteroatoms. The number of ether oxygens (including phenoxy) is 1. The molecule has 0 aliphatic rings. The van der Waals surface area contributed by atoms with Crippen LogP contribution in [0.3, 0.4) is 0 Å². The van der Waals surface area contributed by atoms with Gasteiger partial charge in [0.1, 0.15) is 5.75 Å². The van der Waals surface area contributed by atoms with Gasteiger partial charge in [0.05, 0.1) is 15.6 Å². The number of rotatable bonds is 4. The second kappa shape index (κ2) is 6.60. The highest BCUT2D eigenvalue weighted by atomic mass is 35.5. The van der Waals surface area contributed by atoms with Crippen LogP contribution in [0.2, 0.25) is 15.1 Å². The van der Waals surface area contributed by atoms with Crippen LogP contribution in [0.25, 0.3) is 0 Å². The van der Waals surface area contributed by atoms with Gasteiger partial charge in [-0.25, -0.2) is 0 Å². The largest absolute Gasteiger partial charge is 0.435 e. The Morgan fingerprint density at radius 1 is 1.05 bits per heavy atom. The Morgan fingerprint density at radius 2 is 1.67 bits per heavy atom. The van der Waals surface area contributed by atoms with Crippen LogP contribution in [0.1, 0.15) is 15.9 Å². The summed E-state index contributed by atoms with van der Waals surface area (Å²) in [6.07, 6.45) is 0. The van der Waals surface area contributed by atoms with Crippen LogP contribution >= 0.6 is 34.8 Å². The van der Waals surface area contributed by atoms with Gasteiger partial charge in [0.15, 0.2) is 5.78 Å². The zero-order chi connectivity index (χ0) is 15.6. The van der Waals surface area contributed by atoms with Gasteiger partial charge in [-0.05, 0) is 24.3 Å². The number of alkyl halides is 2. The molecule has 2 aromatic carbocycles. The fourth-order valence-electron chi connectivity index (χ4n) is 1.72. The molecule has 0 aliphatic heterocycles. The summed E-state index contributed by atoms with van der Waals surface area (Å²) in [5.74, 6) is -0.640. The van der Waals surface area contributed by atoms with Crippen molar-refractivity contribution in [2.45, 2.75) is 6.61 Å². The summed E-state index contributed by atoms with van der Waals surface area (Å²) < 4.78 is 28.6. The first kappa shape index (κ1) is 16.0. The molecule has 2 nitrogen and oxygen atoms in total. The lowest BCUT2D eigenvalue weighted by Gasteiger charge is -2.09. The minimum absolute atomic E-state index is 0.0527. The molecule has 21 heavy (non-hydrogen) atoms. The molecule has 0 radical (unpaired) electrons. The van der Waals surface area contributed by atoms with Crippen molar-refractivity contribution in [1.29, 1.82) is 0 Å². The van der Waals surface area contributed by atoms with Crippen LogP contribution in [0.5, 0.6) is 5.75 Å². The molecule has 0 aromatic heterocycles. The fraction of sp³-hybridized carbons (Fsp3) is 0.0714. The lowest BCUT2D eigenvalue weighted by atomic mass is 10.0. The first-order valence-corrected chi connectivity index (χ1v) is 6.76. The van der Waals surface area contributed by atoms with Gasteiger partial charge in [-0.2, -0.15) is 8.78 Å². The molecule has 0 spiro atoms. The monoisotopic (exact) mass is 350 g/mol. The van der Waals surface area contributed by atoms with Gasteiger partial charge in [0, 0.05) is 10.6 Å². The van der Waals surface area contributed by atoms with Crippen LogP contribution in [0.4, 0.5) is 8.78 Å². The van der Waals surface area contributed by atoms with Crippen molar-refractivity contribution in [2.75, 3.05) is 0 Å². The SMILES string of the molecule is O=C(c1cccc(OC(F)F)c1)c1c(Cl)cc(Cl)cc1Cl. The van der Waals surface area contributed by atoms with Crippen LogP contribution in [0, 0.1) is 0 Å². The average Bonchev–Trinajstić information content (AvgIpc) is 2.36. The molecule has 0 unspecified atom stereocenters. The number of halogens is 5. The molecule has 110 valence electrons. The molecule has 0 aliphatic carbocycles. The average molecular weight is 352 g/mol. The minimum atomic E-state index is -2.97. The first-order valence-electron chi connectivity index (χ1n) is 5.62. The topological polar surface area (TPSA) is 26.3 Å². The third-order valence-corrected chi connectivity index (χ3v) is 3.37. The highest BCUT2D eigenvalue weighted by Crippen LogP contribution is 2.31. The van der Waals surface area contributed by atoms with E-state index in [1.165, 1.54) is 36.4 Å². The molecule has 0 saturated carbocycles. The molecule has 0 bridgehead atoms.